The molecule has 2 rings (SSSR count). The molecule has 0 aromatic carbocycles. The summed E-state index contributed by atoms with van der Waals surface area (Å²) in [6.45, 7) is 2.61. The van der Waals surface area contributed by atoms with E-state index >= 15 is 0 Å². The van der Waals surface area contributed by atoms with Gasteiger partial charge in [-0.2, -0.15) is 12.6 Å². The van der Waals surface area contributed by atoms with Crippen LogP contribution in [0.4, 0.5) is 5.69 Å². The molecule has 1 aliphatic rings. The lowest BCUT2D eigenvalue weighted by atomic mass is 10.1. The molecule has 1 aromatic rings. The Morgan fingerprint density at radius 1 is 1.62 bits per heavy atom. The molecular weight excluding hydrogens is 244 g/mol. The van der Waals surface area contributed by atoms with Gasteiger partial charge >= 0.3 is 0 Å². The highest BCUT2D eigenvalue weighted by atomic mass is 35.5. The van der Waals surface area contributed by atoms with Crippen LogP contribution in [0, 0.1) is 12.8 Å². The Hall–Kier alpha value is -0.740. The fourth-order valence-corrected chi connectivity index (χ4v) is 2.54. The van der Waals surface area contributed by atoms with E-state index < -0.39 is 0 Å². The molecule has 1 fully saturated rings. The zero-order valence-electron chi connectivity index (χ0n) is 8.98. The first-order valence-corrected chi connectivity index (χ1v) is 6.16. The molecule has 5 heteroatoms. The van der Waals surface area contributed by atoms with Crippen LogP contribution in [0.1, 0.15) is 12.0 Å². The molecule has 86 valence electrons. The maximum atomic E-state index is 11.9. The van der Waals surface area contributed by atoms with E-state index in [1.165, 1.54) is 0 Å². The Kier molecular flexibility index (Phi) is 3.40. The van der Waals surface area contributed by atoms with Crippen molar-refractivity contribution in [3.8, 4) is 0 Å². The maximum Gasteiger partial charge on any atom is 0.227 e. The Balaban J connectivity index is 2.35. The van der Waals surface area contributed by atoms with Gasteiger partial charge in [-0.25, -0.2) is 0 Å². The summed E-state index contributed by atoms with van der Waals surface area (Å²) in [4.78, 5) is 17.6. The molecule has 0 saturated carbocycles. The summed E-state index contributed by atoms with van der Waals surface area (Å²) >= 11 is 10.3. The van der Waals surface area contributed by atoms with Crippen molar-refractivity contribution in [2.75, 3.05) is 17.2 Å². The third kappa shape index (κ3) is 2.04. The second-order valence-corrected chi connectivity index (χ2v) is 4.82. The summed E-state index contributed by atoms with van der Waals surface area (Å²) in [5.41, 5.74) is 1.73. The summed E-state index contributed by atoms with van der Waals surface area (Å²) < 4.78 is 0. The first-order chi connectivity index (χ1) is 7.63. The molecule has 0 spiro atoms. The Labute approximate surface area is 105 Å². The number of halogens is 1. The van der Waals surface area contributed by atoms with E-state index in [1.807, 2.05) is 6.92 Å². The number of carbonyl (C=O) groups excluding carboxylic acids is 1. The zero-order chi connectivity index (χ0) is 11.7. The van der Waals surface area contributed by atoms with E-state index in [9.17, 15) is 4.79 Å². The predicted octanol–water partition coefficient (Wildman–Crippen LogP) is 2.33. The molecule has 3 nitrogen and oxygen atoms in total. The van der Waals surface area contributed by atoms with Crippen LogP contribution in [0.5, 0.6) is 0 Å². The first kappa shape index (κ1) is 11.7. The van der Waals surface area contributed by atoms with Gasteiger partial charge < -0.3 is 4.90 Å². The predicted molar refractivity (Wildman–Crippen MR) is 68.3 cm³/mol. The lowest BCUT2D eigenvalue weighted by Gasteiger charge is -2.19. The van der Waals surface area contributed by atoms with Gasteiger partial charge in [0, 0.05) is 25.4 Å². The van der Waals surface area contributed by atoms with Crippen LogP contribution in [-0.2, 0) is 4.79 Å². The van der Waals surface area contributed by atoms with Gasteiger partial charge in [-0.3, -0.25) is 9.78 Å². The van der Waals surface area contributed by atoms with E-state index in [-0.39, 0.29) is 5.91 Å². The van der Waals surface area contributed by atoms with E-state index in [0.29, 0.717) is 23.9 Å². The van der Waals surface area contributed by atoms with Crippen molar-refractivity contribution < 1.29 is 4.79 Å². The Bertz CT molecular complexity index is 404. The smallest absolute Gasteiger partial charge is 0.227 e. The third-order valence-electron chi connectivity index (χ3n) is 2.79. The van der Waals surface area contributed by atoms with Gasteiger partial charge in [-0.1, -0.05) is 11.6 Å². The molecule has 1 unspecified atom stereocenters. The fraction of sp³-hybridized carbons (Fsp3) is 0.455. The second kappa shape index (κ2) is 4.63. The number of pyridine rings is 1. The minimum Gasteiger partial charge on any atom is -0.310 e. The number of aromatic nitrogens is 1. The lowest BCUT2D eigenvalue weighted by molar-refractivity contribution is -0.117. The van der Waals surface area contributed by atoms with Crippen LogP contribution in [0.25, 0.3) is 0 Å². The molecular formula is C11H13ClN2OS. The summed E-state index contributed by atoms with van der Waals surface area (Å²) in [5.74, 6) is 1.17. The highest BCUT2D eigenvalue weighted by molar-refractivity contribution is 7.80. The number of amides is 1. The number of carbonyl (C=O) groups is 1. The summed E-state index contributed by atoms with van der Waals surface area (Å²) in [6.07, 6.45) is 3.86. The van der Waals surface area contributed by atoms with Crippen LogP contribution in [0.15, 0.2) is 12.4 Å². The van der Waals surface area contributed by atoms with Crippen molar-refractivity contribution in [3.63, 3.8) is 0 Å². The van der Waals surface area contributed by atoms with Crippen LogP contribution in [0.3, 0.4) is 0 Å². The van der Waals surface area contributed by atoms with Crippen molar-refractivity contribution in [2.24, 2.45) is 5.92 Å². The SMILES string of the molecule is Cc1cncc(Cl)c1N1CC(CS)CC1=O. The van der Waals surface area contributed by atoms with Crippen molar-refractivity contribution in [1.29, 1.82) is 0 Å². The zero-order valence-corrected chi connectivity index (χ0v) is 10.6. The Morgan fingerprint density at radius 2 is 2.38 bits per heavy atom. The summed E-state index contributed by atoms with van der Waals surface area (Å²) in [6, 6.07) is 0. The number of hydrogen-bond acceptors (Lipinski definition) is 3. The molecule has 1 saturated heterocycles. The monoisotopic (exact) mass is 256 g/mol. The summed E-state index contributed by atoms with van der Waals surface area (Å²) in [7, 11) is 0. The number of hydrogen-bond donors (Lipinski definition) is 1. The highest BCUT2D eigenvalue weighted by Crippen LogP contribution is 2.33. The van der Waals surface area contributed by atoms with Crippen LogP contribution < -0.4 is 4.90 Å². The van der Waals surface area contributed by atoms with Gasteiger partial charge in [0.05, 0.1) is 10.7 Å². The standard InChI is InChI=1S/C11H13ClN2OS/c1-7-3-13-4-9(12)11(7)14-5-8(6-16)2-10(14)15/h3-4,8,16H,2,5-6H2,1H3. The van der Waals surface area contributed by atoms with E-state index in [0.717, 1.165) is 17.0 Å². The molecule has 0 bridgehead atoms. The van der Waals surface area contributed by atoms with Crippen molar-refractivity contribution in [1.82, 2.24) is 4.98 Å². The molecule has 0 N–H and O–H groups in total. The third-order valence-corrected chi connectivity index (χ3v) is 3.58. The molecule has 1 aromatic heterocycles. The van der Waals surface area contributed by atoms with Gasteiger partial charge in [-0.05, 0) is 24.2 Å². The van der Waals surface area contributed by atoms with E-state index in [4.69, 9.17) is 11.6 Å². The quantitative estimate of drug-likeness (QED) is 0.824. The average Bonchev–Trinajstić information content (AvgIpc) is 2.60. The molecule has 16 heavy (non-hydrogen) atoms. The van der Waals surface area contributed by atoms with Gasteiger partial charge in [0.15, 0.2) is 0 Å². The molecule has 1 amide bonds. The second-order valence-electron chi connectivity index (χ2n) is 4.04. The molecule has 1 atom stereocenters. The summed E-state index contributed by atoms with van der Waals surface area (Å²) in [5, 5.41) is 0.535. The normalized spacial score (nSPS) is 20.6. The number of aryl methyl sites for hydroxylation is 1. The van der Waals surface area contributed by atoms with Crippen molar-refractivity contribution >= 4 is 35.8 Å². The topological polar surface area (TPSA) is 33.2 Å². The fourth-order valence-electron chi connectivity index (χ4n) is 1.99. The number of nitrogens with zero attached hydrogens (tertiary/aromatic N) is 2. The first-order valence-electron chi connectivity index (χ1n) is 5.14. The van der Waals surface area contributed by atoms with Gasteiger partial charge in [-0.15, -0.1) is 0 Å². The van der Waals surface area contributed by atoms with Gasteiger partial charge in [0.1, 0.15) is 0 Å². The van der Waals surface area contributed by atoms with Crippen LogP contribution in [-0.4, -0.2) is 23.2 Å². The minimum atomic E-state index is 0.121. The molecule has 0 radical (unpaired) electrons. The Morgan fingerprint density at radius 3 is 2.94 bits per heavy atom. The molecule has 2 heterocycles. The van der Waals surface area contributed by atoms with Gasteiger partial charge in [0.25, 0.3) is 0 Å². The van der Waals surface area contributed by atoms with E-state index in [1.54, 1.807) is 17.3 Å². The highest BCUT2D eigenvalue weighted by Gasteiger charge is 2.31. The van der Waals surface area contributed by atoms with Crippen LogP contribution >= 0.6 is 24.2 Å². The van der Waals surface area contributed by atoms with Crippen molar-refractivity contribution in [2.45, 2.75) is 13.3 Å². The number of anilines is 1. The average molecular weight is 257 g/mol. The molecule has 1 aliphatic heterocycles. The maximum absolute atomic E-state index is 11.9. The lowest BCUT2D eigenvalue weighted by Crippen LogP contribution is -2.25. The van der Waals surface area contributed by atoms with Gasteiger partial charge in [0.2, 0.25) is 5.91 Å². The molecule has 0 aliphatic carbocycles. The number of thiol groups is 1. The minimum absolute atomic E-state index is 0.121. The largest absolute Gasteiger partial charge is 0.310 e. The van der Waals surface area contributed by atoms with Crippen molar-refractivity contribution in [3.05, 3.63) is 23.0 Å². The van der Waals surface area contributed by atoms with E-state index in [2.05, 4.69) is 17.6 Å². The number of rotatable bonds is 2. The van der Waals surface area contributed by atoms with Crippen LogP contribution in [0.2, 0.25) is 5.02 Å².